The predicted octanol–water partition coefficient (Wildman–Crippen LogP) is 2.65. The molecule has 3 atom stereocenters. The second-order valence-corrected chi connectivity index (χ2v) is 7.27. The van der Waals surface area contributed by atoms with Crippen molar-refractivity contribution in [3.8, 4) is 11.1 Å². The summed E-state index contributed by atoms with van der Waals surface area (Å²) in [6.45, 7) is 3.20. The van der Waals surface area contributed by atoms with Crippen molar-refractivity contribution < 1.29 is 19.1 Å². The Kier molecular flexibility index (Phi) is 5.79. The number of likely N-dealkylation sites (tertiary alicyclic amines) is 1. The molecule has 28 heavy (non-hydrogen) atoms. The molecule has 0 unspecified atom stereocenters. The first kappa shape index (κ1) is 20.0. The maximum Gasteiger partial charge on any atom is 0.220 e. The monoisotopic (exact) mass is 384 g/mol. The Hall–Kier alpha value is -2.73. The van der Waals surface area contributed by atoms with Crippen LogP contribution in [0, 0.1) is 5.82 Å². The molecule has 0 spiro atoms. The van der Waals surface area contributed by atoms with E-state index in [9.17, 15) is 19.1 Å². The molecule has 1 fully saturated rings. The topological polar surface area (TPSA) is 60.9 Å². The summed E-state index contributed by atoms with van der Waals surface area (Å²) in [5.41, 5.74) is 2.25. The van der Waals surface area contributed by atoms with Crippen LogP contribution in [0.3, 0.4) is 0 Å². The van der Waals surface area contributed by atoms with Gasteiger partial charge in [-0.15, -0.1) is 0 Å². The fourth-order valence-electron chi connectivity index (χ4n) is 4.05. The predicted molar refractivity (Wildman–Crippen MR) is 105 cm³/mol. The molecule has 0 aliphatic carbocycles. The molecule has 2 aromatic rings. The van der Waals surface area contributed by atoms with Crippen molar-refractivity contribution in [2.45, 2.75) is 31.8 Å². The number of halogens is 1. The number of aliphatic hydroxyl groups excluding tert-OH is 1. The molecule has 1 heterocycles. The summed E-state index contributed by atoms with van der Waals surface area (Å²) in [5.74, 6) is -0.578. The minimum atomic E-state index is -0.331. The number of aliphatic hydroxyl groups is 1. The van der Waals surface area contributed by atoms with Gasteiger partial charge in [0.2, 0.25) is 11.8 Å². The Labute approximate surface area is 164 Å². The summed E-state index contributed by atoms with van der Waals surface area (Å²) in [6, 6.07) is 13.6. The van der Waals surface area contributed by atoms with Crippen LogP contribution in [0.2, 0.25) is 0 Å². The number of carbonyl (C=O) groups is 2. The molecule has 5 nitrogen and oxygen atoms in total. The second-order valence-electron chi connectivity index (χ2n) is 7.27. The summed E-state index contributed by atoms with van der Waals surface area (Å²) in [4.78, 5) is 27.0. The largest absolute Gasteiger partial charge is 0.394 e. The Bertz CT molecular complexity index is 868. The van der Waals surface area contributed by atoms with Crippen molar-refractivity contribution in [2.24, 2.45) is 0 Å². The van der Waals surface area contributed by atoms with Gasteiger partial charge in [0.1, 0.15) is 5.82 Å². The van der Waals surface area contributed by atoms with Gasteiger partial charge in [-0.25, -0.2) is 4.39 Å². The molecule has 0 bridgehead atoms. The average molecular weight is 384 g/mol. The van der Waals surface area contributed by atoms with Crippen LogP contribution >= 0.6 is 0 Å². The van der Waals surface area contributed by atoms with E-state index in [-0.39, 0.29) is 42.2 Å². The Morgan fingerprint density at radius 2 is 1.71 bits per heavy atom. The molecule has 2 aromatic carbocycles. The molecular weight excluding hydrogens is 359 g/mol. The molecular formula is C22H25FN2O3. The summed E-state index contributed by atoms with van der Waals surface area (Å²) < 4.78 is 14.0. The van der Waals surface area contributed by atoms with E-state index in [1.807, 2.05) is 24.3 Å². The molecule has 0 aromatic heterocycles. The fraction of sp³-hybridized carbons (Fsp3) is 0.364. The molecule has 1 aliphatic heterocycles. The van der Waals surface area contributed by atoms with E-state index in [1.165, 1.54) is 19.9 Å². The number of rotatable bonds is 5. The van der Waals surface area contributed by atoms with Gasteiger partial charge in [-0.05, 0) is 17.2 Å². The third-order valence-electron chi connectivity index (χ3n) is 5.57. The van der Waals surface area contributed by atoms with Gasteiger partial charge in [-0.1, -0.05) is 42.5 Å². The summed E-state index contributed by atoms with van der Waals surface area (Å²) >= 11 is 0. The van der Waals surface area contributed by atoms with Crippen LogP contribution in [0.15, 0.2) is 48.5 Å². The molecule has 1 N–H and O–H groups in total. The van der Waals surface area contributed by atoms with Gasteiger partial charge in [-0.2, -0.15) is 0 Å². The first-order valence-electron chi connectivity index (χ1n) is 9.31. The molecule has 3 rings (SSSR count). The van der Waals surface area contributed by atoms with E-state index in [0.29, 0.717) is 12.1 Å². The van der Waals surface area contributed by atoms with Crippen molar-refractivity contribution in [3.63, 3.8) is 0 Å². The van der Waals surface area contributed by atoms with E-state index in [2.05, 4.69) is 0 Å². The highest BCUT2D eigenvalue weighted by molar-refractivity contribution is 5.77. The smallest absolute Gasteiger partial charge is 0.220 e. The molecule has 1 aliphatic rings. The van der Waals surface area contributed by atoms with Crippen molar-refractivity contribution in [1.82, 2.24) is 9.80 Å². The zero-order valence-electron chi connectivity index (χ0n) is 16.3. The summed E-state index contributed by atoms with van der Waals surface area (Å²) in [5, 5.41) is 9.84. The first-order chi connectivity index (χ1) is 13.3. The van der Waals surface area contributed by atoms with E-state index in [0.717, 1.165) is 11.1 Å². The Morgan fingerprint density at radius 1 is 1.07 bits per heavy atom. The van der Waals surface area contributed by atoms with Gasteiger partial charge in [0.15, 0.2) is 0 Å². The number of carbonyl (C=O) groups excluding carboxylic acids is 2. The lowest BCUT2D eigenvalue weighted by molar-refractivity contribution is -0.151. The second kappa shape index (κ2) is 8.10. The number of hydrogen-bond donors (Lipinski definition) is 1. The Balaban J connectivity index is 1.89. The van der Waals surface area contributed by atoms with Crippen molar-refractivity contribution in [1.29, 1.82) is 0 Å². The van der Waals surface area contributed by atoms with E-state index >= 15 is 0 Å². The molecule has 0 saturated carbocycles. The number of benzene rings is 2. The van der Waals surface area contributed by atoms with Crippen LogP contribution in [0.4, 0.5) is 4.39 Å². The number of nitrogens with zero attached hydrogens (tertiary/aromatic N) is 2. The van der Waals surface area contributed by atoms with Crippen LogP contribution in [0.1, 0.15) is 25.3 Å². The zero-order valence-corrected chi connectivity index (χ0v) is 16.3. The minimum Gasteiger partial charge on any atom is -0.394 e. The van der Waals surface area contributed by atoms with Crippen molar-refractivity contribution >= 4 is 11.8 Å². The van der Waals surface area contributed by atoms with Gasteiger partial charge in [0, 0.05) is 38.9 Å². The highest BCUT2D eigenvalue weighted by atomic mass is 19.1. The van der Waals surface area contributed by atoms with Gasteiger partial charge in [-0.3, -0.25) is 9.59 Å². The molecule has 148 valence electrons. The van der Waals surface area contributed by atoms with Crippen molar-refractivity contribution in [3.05, 3.63) is 59.9 Å². The molecule has 1 saturated heterocycles. The number of amides is 2. The zero-order chi connectivity index (χ0) is 20.4. The standard InChI is InChI=1S/C22H25FN2O3/c1-14(27)24(3)12-20-22(21(13-26)25(20)15(2)28)17-10-8-16(9-11-17)18-6-4-5-7-19(18)23/h4-11,20-22,26H,12-13H2,1-3H3/t20-,21+,22+/m1/s1. The van der Waals surface area contributed by atoms with Crippen LogP contribution in [0.5, 0.6) is 0 Å². The number of hydrogen-bond acceptors (Lipinski definition) is 3. The molecule has 6 heteroatoms. The third kappa shape index (κ3) is 3.64. The lowest BCUT2D eigenvalue weighted by Gasteiger charge is -2.55. The average Bonchev–Trinajstić information content (AvgIpc) is 2.65. The van der Waals surface area contributed by atoms with Gasteiger partial charge < -0.3 is 14.9 Å². The lowest BCUT2D eigenvalue weighted by Crippen LogP contribution is -2.68. The summed E-state index contributed by atoms with van der Waals surface area (Å²) in [6.07, 6.45) is 0. The van der Waals surface area contributed by atoms with E-state index in [1.54, 1.807) is 35.0 Å². The number of likely N-dealkylation sites (N-methyl/N-ethyl adjacent to an activating group) is 1. The maximum atomic E-state index is 14.0. The van der Waals surface area contributed by atoms with Crippen LogP contribution in [-0.4, -0.2) is 59.0 Å². The van der Waals surface area contributed by atoms with Crippen LogP contribution in [0.25, 0.3) is 11.1 Å². The van der Waals surface area contributed by atoms with Crippen LogP contribution in [-0.2, 0) is 9.59 Å². The maximum absolute atomic E-state index is 14.0. The fourth-order valence-corrected chi connectivity index (χ4v) is 4.05. The third-order valence-corrected chi connectivity index (χ3v) is 5.57. The quantitative estimate of drug-likeness (QED) is 0.862. The Morgan fingerprint density at radius 3 is 2.25 bits per heavy atom. The lowest BCUT2D eigenvalue weighted by atomic mass is 9.74. The van der Waals surface area contributed by atoms with E-state index < -0.39 is 0 Å². The first-order valence-corrected chi connectivity index (χ1v) is 9.31. The minimum absolute atomic E-state index is 0.0791. The molecule has 0 radical (unpaired) electrons. The summed E-state index contributed by atoms with van der Waals surface area (Å²) in [7, 11) is 1.70. The highest BCUT2D eigenvalue weighted by Crippen LogP contribution is 2.41. The van der Waals surface area contributed by atoms with Crippen molar-refractivity contribution in [2.75, 3.05) is 20.2 Å². The highest BCUT2D eigenvalue weighted by Gasteiger charge is 2.50. The molecule has 2 amide bonds. The van der Waals surface area contributed by atoms with Gasteiger partial charge in [0.05, 0.1) is 18.7 Å². The SMILES string of the molecule is CC(=O)N(C)C[C@@H]1[C@H](c2ccc(-c3ccccc3F)cc2)[C@H](CO)N1C(C)=O. The van der Waals surface area contributed by atoms with Gasteiger partial charge in [0.25, 0.3) is 0 Å². The van der Waals surface area contributed by atoms with Gasteiger partial charge >= 0.3 is 0 Å². The van der Waals surface area contributed by atoms with E-state index in [4.69, 9.17) is 0 Å². The normalized spacial score (nSPS) is 21.2. The van der Waals surface area contributed by atoms with Crippen LogP contribution < -0.4 is 0 Å².